The first-order valence-corrected chi connectivity index (χ1v) is 8.13. The Morgan fingerprint density at radius 2 is 2.10 bits per heavy atom. The predicted octanol–water partition coefficient (Wildman–Crippen LogP) is 3.96. The van der Waals surface area contributed by atoms with Gasteiger partial charge in [-0.15, -0.1) is 0 Å². The van der Waals surface area contributed by atoms with Crippen LogP contribution in [-0.4, -0.2) is 16.3 Å². The van der Waals surface area contributed by atoms with Crippen LogP contribution in [0.3, 0.4) is 0 Å². The lowest BCUT2D eigenvalue weighted by Gasteiger charge is -2.26. The lowest BCUT2D eigenvalue weighted by atomic mass is 9.87. The first-order valence-electron chi connectivity index (χ1n) is 8.13. The van der Waals surface area contributed by atoms with Gasteiger partial charge in [0.05, 0.1) is 11.9 Å². The van der Waals surface area contributed by atoms with Gasteiger partial charge in [-0.1, -0.05) is 44.9 Å². The highest BCUT2D eigenvalue weighted by Crippen LogP contribution is 2.40. The number of benzene rings is 1. The van der Waals surface area contributed by atoms with Crippen LogP contribution >= 0.6 is 0 Å². The smallest absolute Gasteiger partial charge is 0.0645 e. The molecule has 1 saturated carbocycles. The second-order valence-corrected chi connectivity index (χ2v) is 6.16. The van der Waals surface area contributed by atoms with Crippen molar-refractivity contribution in [1.29, 1.82) is 0 Å². The van der Waals surface area contributed by atoms with Crippen molar-refractivity contribution in [2.45, 2.75) is 39.2 Å². The Morgan fingerprint density at radius 3 is 2.76 bits per heavy atom. The fourth-order valence-electron chi connectivity index (χ4n) is 3.62. The lowest BCUT2D eigenvalue weighted by Crippen LogP contribution is -2.29. The summed E-state index contributed by atoms with van der Waals surface area (Å²) in [6, 6.07) is 10.8. The topological polar surface area (TPSA) is 29.9 Å². The van der Waals surface area contributed by atoms with E-state index in [1.165, 1.54) is 24.8 Å². The maximum absolute atomic E-state index is 4.56. The third-order valence-electron chi connectivity index (χ3n) is 4.76. The van der Waals surface area contributed by atoms with Crippen LogP contribution in [-0.2, 0) is 0 Å². The van der Waals surface area contributed by atoms with Crippen molar-refractivity contribution in [2.24, 2.45) is 11.8 Å². The molecule has 112 valence electrons. The highest BCUT2D eigenvalue weighted by molar-refractivity contribution is 5.31. The van der Waals surface area contributed by atoms with Gasteiger partial charge < -0.3 is 5.32 Å². The third-order valence-corrected chi connectivity index (χ3v) is 4.76. The van der Waals surface area contributed by atoms with Crippen LogP contribution in [0.15, 0.2) is 42.7 Å². The van der Waals surface area contributed by atoms with Crippen molar-refractivity contribution < 1.29 is 0 Å². The van der Waals surface area contributed by atoms with Gasteiger partial charge in [-0.05, 0) is 36.9 Å². The fraction of sp³-hybridized carbons (Fsp3) is 0.500. The first-order chi connectivity index (χ1) is 10.3. The molecule has 1 aliphatic rings. The quantitative estimate of drug-likeness (QED) is 0.900. The SMILES string of the molecule is CCNC(c1cnn(-c2ccccc2)c1)C1CCCC1C. The lowest BCUT2D eigenvalue weighted by molar-refractivity contribution is 0.305. The van der Waals surface area contributed by atoms with Gasteiger partial charge in [-0.25, -0.2) is 4.68 Å². The molecule has 0 spiro atoms. The Morgan fingerprint density at radius 1 is 1.29 bits per heavy atom. The molecule has 21 heavy (non-hydrogen) atoms. The van der Waals surface area contributed by atoms with Crippen LogP contribution in [0.25, 0.3) is 5.69 Å². The second kappa shape index (κ2) is 6.44. The standard InChI is InChI=1S/C18H25N3/c1-3-19-18(17-11-7-8-14(17)2)15-12-20-21(13-15)16-9-5-4-6-10-16/h4-6,9-10,12-14,17-19H,3,7-8,11H2,1-2H3. The van der Waals surface area contributed by atoms with Crippen LogP contribution in [0.1, 0.15) is 44.7 Å². The van der Waals surface area contributed by atoms with Gasteiger partial charge in [0.2, 0.25) is 0 Å². The molecule has 3 heteroatoms. The summed E-state index contributed by atoms with van der Waals surface area (Å²) < 4.78 is 1.99. The molecule has 1 N–H and O–H groups in total. The van der Waals surface area contributed by atoms with E-state index in [0.29, 0.717) is 6.04 Å². The molecule has 1 aliphatic carbocycles. The molecule has 1 fully saturated rings. The molecule has 3 unspecified atom stereocenters. The summed E-state index contributed by atoms with van der Waals surface area (Å²) in [5, 5.41) is 8.25. The van der Waals surface area contributed by atoms with Crippen LogP contribution in [0.5, 0.6) is 0 Å². The largest absolute Gasteiger partial charge is 0.310 e. The van der Waals surface area contributed by atoms with Crippen LogP contribution in [0.4, 0.5) is 0 Å². The Hall–Kier alpha value is -1.61. The molecule has 1 heterocycles. The minimum absolute atomic E-state index is 0.435. The summed E-state index contributed by atoms with van der Waals surface area (Å²) in [6.45, 7) is 5.59. The molecule has 0 saturated heterocycles. The Kier molecular flexibility index (Phi) is 4.39. The molecular formula is C18H25N3. The van der Waals surface area contributed by atoms with E-state index >= 15 is 0 Å². The number of hydrogen-bond acceptors (Lipinski definition) is 2. The van der Waals surface area contributed by atoms with Gasteiger partial charge in [0.15, 0.2) is 0 Å². The molecule has 2 aromatic rings. The highest BCUT2D eigenvalue weighted by Gasteiger charge is 2.32. The van der Waals surface area contributed by atoms with E-state index in [1.54, 1.807) is 0 Å². The minimum Gasteiger partial charge on any atom is -0.310 e. The van der Waals surface area contributed by atoms with E-state index in [0.717, 1.165) is 24.1 Å². The molecule has 0 aliphatic heterocycles. The fourth-order valence-corrected chi connectivity index (χ4v) is 3.62. The zero-order valence-corrected chi connectivity index (χ0v) is 13.0. The van der Waals surface area contributed by atoms with Crippen molar-refractivity contribution >= 4 is 0 Å². The zero-order chi connectivity index (χ0) is 14.7. The monoisotopic (exact) mass is 283 g/mol. The Labute approximate surface area is 127 Å². The molecule has 1 aromatic carbocycles. The number of rotatable bonds is 5. The van der Waals surface area contributed by atoms with Crippen molar-refractivity contribution in [3.8, 4) is 5.69 Å². The number of aromatic nitrogens is 2. The Balaban J connectivity index is 1.85. The Bertz CT molecular complexity index is 561. The molecule has 3 rings (SSSR count). The maximum Gasteiger partial charge on any atom is 0.0645 e. The molecular weight excluding hydrogens is 258 g/mol. The first kappa shape index (κ1) is 14.3. The summed E-state index contributed by atoms with van der Waals surface area (Å²) in [6.07, 6.45) is 8.27. The highest BCUT2D eigenvalue weighted by atomic mass is 15.3. The van der Waals surface area contributed by atoms with Crippen LogP contribution in [0, 0.1) is 11.8 Å². The second-order valence-electron chi connectivity index (χ2n) is 6.16. The average molecular weight is 283 g/mol. The summed E-state index contributed by atoms with van der Waals surface area (Å²) in [5.41, 5.74) is 2.44. The molecule has 0 bridgehead atoms. The molecule has 1 aromatic heterocycles. The van der Waals surface area contributed by atoms with Gasteiger partial charge in [0.1, 0.15) is 0 Å². The van der Waals surface area contributed by atoms with Gasteiger partial charge in [0.25, 0.3) is 0 Å². The van der Waals surface area contributed by atoms with Crippen molar-refractivity contribution in [3.63, 3.8) is 0 Å². The number of nitrogens with one attached hydrogen (secondary N) is 1. The molecule has 3 atom stereocenters. The minimum atomic E-state index is 0.435. The van der Waals surface area contributed by atoms with Crippen LogP contribution < -0.4 is 5.32 Å². The van der Waals surface area contributed by atoms with Gasteiger partial charge in [-0.3, -0.25) is 0 Å². The number of hydrogen-bond donors (Lipinski definition) is 1. The summed E-state index contributed by atoms with van der Waals surface area (Å²) in [5.74, 6) is 1.53. The van der Waals surface area contributed by atoms with E-state index in [-0.39, 0.29) is 0 Å². The van der Waals surface area contributed by atoms with E-state index in [4.69, 9.17) is 0 Å². The van der Waals surface area contributed by atoms with E-state index in [2.05, 4.69) is 54.7 Å². The normalized spacial score (nSPS) is 23.3. The number of para-hydroxylation sites is 1. The van der Waals surface area contributed by atoms with Crippen molar-refractivity contribution in [1.82, 2.24) is 15.1 Å². The van der Waals surface area contributed by atoms with E-state index in [9.17, 15) is 0 Å². The van der Waals surface area contributed by atoms with E-state index < -0.39 is 0 Å². The molecule has 0 amide bonds. The van der Waals surface area contributed by atoms with Crippen molar-refractivity contribution in [2.75, 3.05) is 6.54 Å². The zero-order valence-electron chi connectivity index (χ0n) is 13.0. The van der Waals surface area contributed by atoms with Gasteiger partial charge in [0, 0.05) is 17.8 Å². The summed E-state index contributed by atoms with van der Waals surface area (Å²) >= 11 is 0. The third kappa shape index (κ3) is 3.03. The average Bonchev–Trinajstić information content (AvgIpc) is 3.15. The van der Waals surface area contributed by atoms with Gasteiger partial charge >= 0.3 is 0 Å². The van der Waals surface area contributed by atoms with E-state index in [1.807, 2.05) is 16.9 Å². The summed E-state index contributed by atoms with van der Waals surface area (Å²) in [4.78, 5) is 0. The molecule has 0 radical (unpaired) electrons. The van der Waals surface area contributed by atoms with Gasteiger partial charge in [-0.2, -0.15) is 5.10 Å². The number of nitrogens with zero attached hydrogens (tertiary/aromatic N) is 2. The summed E-state index contributed by atoms with van der Waals surface area (Å²) in [7, 11) is 0. The molecule has 3 nitrogen and oxygen atoms in total. The maximum atomic E-state index is 4.56. The van der Waals surface area contributed by atoms with Crippen LogP contribution in [0.2, 0.25) is 0 Å². The predicted molar refractivity (Wildman–Crippen MR) is 86.5 cm³/mol. The van der Waals surface area contributed by atoms with Crippen molar-refractivity contribution in [3.05, 3.63) is 48.3 Å².